The number of aryl methyl sites for hydroxylation is 2. The zero-order chi connectivity index (χ0) is 19.2. The summed E-state index contributed by atoms with van der Waals surface area (Å²) in [7, 11) is 0. The number of ether oxygens (including phenoxy) is 1. The van der Waals surface area contributed by atoms with Crippen LogP contribution in [0.15, 0.2) is 35.7 Å². The third kappa shape index (κ3) is 5.41. The van der Waals surface area contributed by atoms with Crippen LogP contribution in [-0.2, 0) is 22.4 Å². The standard InChI is InChI=1S/C21H23ClO4S/c22-16-9-11-18(15(13-16)8-10-17-7-4-12-27-17)20(24)26-21(25)19(23)14-5-2-1-3-6-14/h4,7,9,11-14,19,23H,1-3,5-6,8,10H2. The summed E-state index contributed by atoms with van der Waals surface area (Å²) in [6, 6.07) is 8.94. The normalized spacial score (nSPS) is 16.1. The molecule has 2 aromatic rings. The molecule has 1 unspecified atom stereocenters. The lowest BCUT2D eigenvalue weighted by Gasteiger charge is -2.24. The van der Waals surface area contributed by atoms with Crippen LogP contribution in [0, 0.1) is 5.92 Å². The molecule has 0 bridgehead atoms. The van der Waals surface area contributed by atoms with E-state index in [9.17, 15) is 14.7 Å². The van der Waals surface area contributed by atoms with Crippen LogP contribution in [-0.4, -0.2) is 23.1 Å². The molecule has 1 aromatic carbocycles. The Morgan fingerprint density at radius 3 is 2.67 bits per heavy atom. The van der Waals surface area contributed by atoms with Crippen LogP contribution in [0.5, 0.6) is 0 Å². The van der Waals surface area contributed by atoms with Crippen molar-refractivity contribution in [3.05, 3.63) is 56.7 Å². The number of benzene rings is 1. The average Bonchev–Trinajstić information content (AvgIpc) is 3.20. The maximum atomic E-state index is 12.5. The van der Waals surface area contributed by atoms with Crippen molar-refractivity contribution in [2.24, 2.45) is 5.92 Å². The summed E-state index contributed by atoms with van der Waals surface area (Å²) < 4.78 is 5.00. The van der Waals surface area contributed by atoms with Crippen molar-refractivity contribution in [2.45, 2.75) is 51.0 Å². The van der Waals surface area contributed by atoms with E-state index in [1.165, 1.54) is 4.88 Å². The fourth-order valence-electron chi connectivity index (χ4n) is 3.53. The van der Waals surface area contributed by atoms with Crippen molar-refractivity contribution in [3.8, 4) is 0 Å². The third-order valence-corrected chi connectivity index (χ3v) is 6.21. The smallest absolute Gasteiger partial charge is 0.346 e. The van der Waals surface area contributed by atoms with E-state index in [0.29, 0.717) is 17.0 Å². The molecule has 1 aromatic heterocycles. The van der Waals surface area contributed by atoms with Crippen molar-refractivity contribution >= 4 is 34.9 Å². The zero-order valence-electron chi connectivity index (χ0n) is 15.0. The van der Waals surface area contributed by atoms with Crippen LogP contribution in [0.25, 0.3) is 0 Å². The number of carbonyl (C=O) groups excluding carboxylic acids is 2. The minimum atomic E-state index is -1.24. The fraction of sp³-hybridized carbons (Fsp3) is 0.429. The summed E-state index contributed by atoms with van der Waals surface area (Å²) in [5, 5.41) is 12.8. The Hall–Kier alpha value is -1.69. The van der Waals surface area contributed by atoms with Crippen LogP contribution in [0.4, 0.5) is 0 Å². The SMILES string of the molecule is O=C(OC(=O)C(O)C1CCCCC1)c1ccc(Cl)cc1CCc1cccs1. The molecule has 0 amide bonds. The van der Waals surface area contributed by atoms with E-state index in [-0.39, 0.29) is 5.92 Å². The number of rotatable bonds is 6. The quantitative estimate of drug-likeness (QED) is 0.552. The Kier molecular flexibility index (Phi) is 7.05. The van der Waals surface area contributed by atoms with E-state index in [1.807, 2.05) is 17.5 Å². The van der Waals surface area contributed by atoms with Crippen LogP contribution in [0.3, 0.4) is 0 Å². The first-order valence-electron chi connectivity index (χ1n) is 9.29. The van der Waals surface area contributed by atoms with Crippen molar-refractivity contribution in [2.75, 3.05) is 0 Å². The van der Waals surface area contributed by atoms with E-state index >= 15 is 0 Å². The van der Waals surface area contributed by atoms with Crippen LogP contribution < -0.4 is 0 Å². The number of hydrogen-bond donors (Lipinski definition) is 1. The number of aliphatic hydroxyl groups is 1. The highest BCUT2D eigenvalue weighted by molar-refractivity contribution is 7.09. The predicted octanol–water partition coefficient (Wildman–Crippen LogP) is 4.81. The number of thiophene rings is 1. The van der Waals surface area contributed by atoms with Crippen LogP contribution in [0.1, 0.15) is 52.9 Å². The molecular weight excluding hydrogens is 384 g/mol. The second-order valence-electron chi connectivity index (χ2n) is 6.93. The van der Waals surface area contributed by atoms with Gasteiger partial charge in [0.15, 0.2) is 6.10 Å². The number of esters is 2. The van der Waals surface area contributed by atoms with E-state index < -0.39 is 18.0 Å². The van der Waals surface area contributed by atoms with E-state index in [1.54, 1.807) is 29.5 Å². The first kappa shape index (κ1) is 20.1. The summed E-state index contributed by atoms with van der Waals surface area (Å²) in [6.45, 7) is 0. The van der Waals surface area contributed by atoms with Gasteiger partial charge in [-0.15, -0.1) is 11.3 Å². The Labute approximate surface area is 168 Å². The molecule has 27 heavy (non-hydrogen) atoms. The number of halogens is 1. The number of carbonyl (C=O) groups is 2. The van der Waals surface area contributed by atoms with Gasteiger partial charge in [0.05, 0.1) is 5.56 Å². The maximum absolute atomic E-state index is 12.5. The van der Waals surface area contributed by atoms with Gasteiger partial charge in [0.25, 0.3) is 0 Å². The van der Waals surface area contributed by atoms with Crippen molar-refractivity contribution in [3.63, 3.8) is 0 Å². The molecule has 144 valence electrons. The van der Waals surface area contributed by atoms with Crippen LogP contribution >= 0.6 is 22.9 Å². The minimum Gasteiger partial charge on any atom is -0.387 e. The fourth-order valence-corrected chi connectivity index (χ4v) is 4.43. The molecule has 1 aliphatic carbocycles. The molecule has 6 heteroatoms. The number of hydrogen-bond acceptors (Lipinski definition) is 5. The molecular formula is C21H23ClO4S. The molecule has 1 aliphatic rings. The first-order valence-corrected chi connectivity index (χ1v) is 10.6. The lowest BCUT2D eigenvalue weighted by molar-refractivity contribution is -0.151. The second kappa shape index (κ2) is 9.49. The van der Waals surface area contributed by atoms with Gasteiger partial charge in [-0.1, -0.05) is 36.9 Å². The van der Waals surface area contributed by atoms with E-state index in [2.05, 4.69) is 0 Å². The summed E-state index contributed by atoms with van der Waals surface area (Å²) in [4.78, 5) is 26.0. The number of aliphatic hydroxyl groups excluding tert-OH is 1. The van der Waals surface area contributed by atoms with Gasteiger partial charge in [-0.2, -0.15) is 0 Å². The molecule has 0 spiro atoms. The molecule has 1 atom stereocenters. The van der Waals surface area contributed by atoms with Gasteiger partial charge in [0.2, 0.25) is 0 Å². The highest BCUT2D eigenvalue weighted by atomic mass is 35.5. The van der Waals surface area contributed by atoms with Crippen molar-refractivity contribution in [1.29, 1.82) is 0 Å². The molecule has 4 nitrogen and oxygen atoms in total. The molecule has 0 aliphatic heterocycles. The molecule has 1 saturated carbocycles. The zero-order valence-corrected chi connectivity index (χ0v) is 16.6. The molecule has 1 N–H and O–H groups in total. The largest absolute Gasteiger partial charge is 0.387 e. The van der Waals surface area contributed by atoms with Crippen LogP contribution in [0.2, 0.25) is 5.02 Å². The van der Waals surface area contributed by atoms with Gasteiger partial charge >= 0.3 is 11.9 Å². The van der Waals surface area contributed by atoms with E-state index in [0.717, 1.165) is 44.1 Å². The topological polar surface area (TPSA) is 63.6 Å². The summed E-state index contributed by atoms with van der Waals surface area (Å²) >= 11 is 7.74. The highest BCUT2D eigenvalue weighted by Gasteiger charge is 2.30. The Morgan fingerprint density at radius 2 is 1.96 bits per heavy atom. The van der Waals surface area contributed by atoms with Gasteiger partial charge in [0.1, 0.15) is 0 Å². The Morgan fingerprint density at radius 1 is 1.19 bits per heavy atom. The van der Waals surface area contributed by atoms with Gasteiger partial charge < -0.3 is 9.84 Å². The minimum absolute atomic E-state index is 0.123. The van der Waals surface area contributed by atoms with Gasteiger partial charge in [0, 0.05) is 9.90 Å². The summed E-state index contributed by atoms with van der Waals surface area (Å²) in [5.41, 5.74) is 1.06. The van der Waals surface area contributed by atoms with Gasteiger partial charge in [-0.3, -0.25) is 0 Å². The lowest BCUT2D eigenvalue weighted by atomic mass is 9.85. The molecule has 1 fully saturated rings. The van der Waals surface area contributed by atoms with Crippen molar-refractivity contribution < 1.29 is 19.4 Å². The average molecular weight is 407 g/mol. The van der Waals surface area contributed by atoms with E-state index in [4.69, 9.17) is 16.3 Å². The van der Waals surface area contributed by atoms with Gasteiger partial charge in [-0.25, -0.2) is 9.59 Å². The predicted molar refractivity (Wildman–Crippen MR) is 106 cm³/mol. The maximum Gasteiger partial charge on any atom is 0.346 e. The monoisotopic (exact) mass is 406 g/mol. The third-order valence-electron chi connectivity index (χ3n) is 5.04. The Balaban J connectivity index is 1.67. The highest BCUT2D eigenvalue weighted by Crippen LogP contribution is 2.27. The molecule has 1 heterocycles. The Bertz CT molecular complexity index is 781. The lowest BCUT2D eigenvalue weighted by Crippen LogP contribution is -2.34. The molecule has 0 saturated heterocycles. The first-order chi connectivity index (χ1) is 13.0. The summed E-state index contributed by atoms with van der Waals surface area (Å²) in [5.74, 6) is -1.71. The summed E-state index contributed by atoms with van der Waals surface area (Å²) in [6.07, 6.45) is 4.84. The molecule has 3 rings (SSSR count). The second-order valence-corrected chi connectivity index (χ2v) is 8.40. The molecule has 0 radical (unpaired) electrons. The van der Waals surface area contributed by atoms with Crippen molar-refractivity contribution in [1.82, 2.24) is 0 Å². The van der Waals surface area contributed by atoms with Gasteiger partial charge in [-0.05, 0) is 66.8 Å².